The zero-order chi connectivity index (χ0) is 12.5. The van der Waals surface area contributed by atoms with Crippen molar-refractivity contribution < 1.29 is 0 Å². The Kier molecular flexibility index (Phi) is 7.19. The molecular weight excluding hydrogens is 234 g/mol. The van der Waals surface area contributed by atoms with E-state index in [1.165, 1.54) is 12.8 Å². The number of tetrazole rings is 1. The lowest BCUT2D eigenvalue weighted by Gasteiger charge is -2.09. The maximum absolute atomic E-state index is 4.06. The largest absolute Gasteiger partial charge is 0.315 e. The Bertz CT molecular complexity index is 302. The van der Waals surface area contributed by atoms with Gasteiger partial charge in [-0.3, -0.25) is 0 Å². The zero-order valence-corrected chi connectivity index (χ0v) is 11.8. The number of aromatic nitrogens is 4. The molecule has 0 aliphatic rings. The molecule has 1 atom stereocenters. The van der Waals surface area contributed by atoms with Crippen LogP contribution in [-0.2, 0) is 6.54 Å². The predicted octanol–water partition coefficient (Wildman–Crippen LogP) is 1.81. The first-order chi connectivity index (χ1) is 8.27. The number of nitrogens with one attached hydrogen (secondary N) is 1. The molecule has 0 saturated carbocycles. The molecule has 0 aliphatic heterocycles. The van der Waals surface area contributed by atoms with E-state index in [2.05, 4.69) is 41.6 Å². The van der Waals surface area contributed by atoms with E-state index in [1.807, 2.05) is 4.68 Å². The fraction of sp³-hybridized carbons (Fsp3) is 0.909. The molecule has 0 bridgehead atoms. The lowest BCUT2D eigenvalue weighted by atomic mass is 10.1. The molecule has 6 heteroatoms. The highest BCUT2D eigenvalue weighted by molar-refractivity contribution is 7.99. The van der Waals surface area contributed by atoms with Gasteiger partial charge in [0.2, 0.25) is 5.16 Å². The van der Waals surface area contributed by atoms with Crippen molar-refractivity contribution in [2.45, 2.75) is 45.3 Å². The minimum Gasteiger partial charge on any atom is -0.315 e. The van der Waals surface area contributed by atoms with E-state index >= 15 is 0 Å². The van der Waals surface area contributed by atoms with Crippen molar-refractivity contribution in [2.75, 3.05) is 18.8 Å². The van der Waals surface area contributed by atoms with E-state index in [0.717, 1.165) is 36.5 Å². The molecule has 5 nitrogen and oxygen atoms in total. The molecule has 1 rings (SSSR count). The van der Waals surface area contributed by atoms with Gasteiger partial charge in [-0.15, -0.1) is 5.10 Å². The topological polar surface area (TPSA) is 55.6 Å². The third kappa shape index (κ3) is 5.50. The van der Waals surface area contributed by atoms with Gasteiger partial charge in [0.15, 0.2) is 0 Å². The number of hydrogen-bond donors (Lipinski definition) is 1. The van der Waals surface area contributed by atoms with Gasteiger partial charge >= 0.3 is 0 Å². The summed E-state index contributed by atoms with van der Waals surface area (Å²) < 4.78 is 1.88. The van der Waals surface area contributed by atoms with Crippen molar-refractivity contribution in [3.63, 3.8) is 0 Å². The van der Waals surface area contributed by atoms with E-state index in [-0.39, 0.29) is 0 Å². The molecule has 0 fully saturated rings. The van der Waals surface area contributed by atoms with Gasteiger partial charge in [-0.1, -0.05) is 45.4 Å². The molecule has 1 N–H and O–H groups in total. The van der Waals surface area contributed by atoms with Crippen molar-refractivity contribution in [2.24, 2.45) is 5.92 Å². The minimum absolute atomic E-state index is 0.726. The molecule has 0 saturated heterocycles. The predicted molar refractivity (Wildman–Crippen MR) is 71.2 cm³/mol. The molecule has 1 aromatic rings. The van der Waals surface area contributed by atoms with Gasteiger partial charge in [0, 0.05) is 12.3 Å². The summed E-state index contributed by atoms with van der Waals surface area (Å²) in [5.74, 6) is 1.82. The molecule has 0 radical (unpaired) electrons. The van der Waals surface area contributed by atoms with Gasteiger partial charge < -0.3 is 5.32 Å². The fourth-order valence-electron chi connectivity index (χ4n) is 1.59. The van der Waals surface area contributed by atoms with E-state index in [9.17, 15) is 0 Å². The van der Waals surface area contributed by atoms with Gasteiger partial charge in [-0.2, -0.15) is 0 Å². The lowest BCUT2D eigenvalue weighted by molar-refractivity contribution is 0.516. The monoisotopic (exact) mass is 257 g/mol. The third-order valence-corrected chi connectivity index (χ3v) is 3.81. The highest BCUT2D eigenvalue weighted by atomic mass is 32.2. The Balaban J connectivity index is 2.34. The van der Waals surface area contributed by atoms with Crippen molar-refractivity contribution in [3.8, 4) is 0 Å². The summed E-state index contributed by atoms with van der Waals surface area (Å²) in [7, 11) is 0. The second-order valence-electron chi connectivity index (χ2n) is 4.24. The molecule has 0 amide bonds. The molecule has 1 unspecified atom stereocenters. The number of hydrogen-bond acceptors (Lipinski definition) is 5. The summed E-state index contributed by atoms with van der Waals surface area (Å²) in [6.07, 6.45) is 2.51. The highest BCUT2D eigenvalue weighted by Crippen LogP contribution is 2.19. The van der Waals surface area contributed by atoms with Crippen molar-refractivity contribution in [3.05, 3.63) is 0 Å². The van der Waals surface area contributed by atoms with Crippen LogP contribution >= 0.6 is 11.8 Å². The maximum atomic E-state index is 4.06. The Morgan fingerprint density at radius 2 is 2.24 bits per heavy atom. The van der Waals surface area contributed by atoms with E-state index in [1.54, 1.807) is 11.8 Å². The van der Waals surface area contributed by atoms with E-state index < -0.39 is 0 Å². The summed E-state index contributed by atoms with van der Waals surface area (Å²) >= 11 is 1.76. The Morgan fingerprint density at radius 3 is 2.94 bits per heavy atom. The van der Waals surface area contributed by atoms with Crippen molar-refractivity contribution >= 4 is 11.8 Å². The van der Waals surface area contributed by atoms with Crippen LogP contribution < -0.4 is 5.32 Å². The molecule has 17 heavy (non-hydrogen) atoms. The molecule has 0 aliphatic carbocycles. The molecule has 98 valence electrons. The zero-order valence-electron chi connectivity index (χ0n) is 11.0. The van der Waals surface area contributed by atoms with E-state index in [0.29, 0.717) is 0 Å². The first kappa shape index (κ1) is 14.4. The summed E-state index contributed by atoms with van der Waals surface area (Å²) in [4.78, 5) is 0. The van der Waals surface area contributed by atoms with Crippen LogP contribution in [0.25, 0.3) is 0 Å². The standard InChI is InChI=1S/C11H23N5S/c1-4-6-10(3)9-17-11-13-14-15-16(11)8-7-12-5-2/h10,12H,4-9H2,1-3H3. The van der Waals surface area contributed by atoms with Gasteiger partial charge in [0.05, 0.1) is 6.54 Å². The molecular formula is C11H23N5S. The van der Waals surface area contributed by atoms with Gasteiger partial charge in [0.1, 0.15) is 0 Å². The molecule has 1 heterocycles. The maximum Gasteiger partial charge on any atom is 0.209 e. The van der Waals surface area contributed by atoms with Crippen LogP contribution in [0.5, 0.6) is 0 Å². The van der Waals surface area contributed by atoms with Gasteiger partial charge in [-0.25, -0.2) is 4.68 Å². The number of nitrogens with zero attached hydrogens (tertiary/aromatic N) is 4. The van der Waals surface area contributed by atoms with Crippen LogP contribution in [-0.4, -0.2) is 39.0 Å². The normalized spacial score (nSPS) is 12.9. The van der Waals surface area contributed by atoms with Crippen LogP contribution in [0.15, 0.2) is 5.16 Å². The summed E-state index contributed by atoms with van der Waals surface area (Å²) in [5.41, 5.74) is 0. The number of likely N-dealkylation sites (N-methyl/N-ethyl adjacent to an activating group) is 1. The van der Waals surface area contributed by atoms with Crippen molar-refractivity contribution in [1.29, 1.82) is 0 Å². The van der Waals surface area contributed by atoms with Crippen LogP contribution in [0.3, 0.4) is 0 Å². The van der Waals surface area contributed by atoms with Gasteiger partial charge in [-0.05, 0) is 22.9 Å². The summed E-state index contributed by atoms with van der Waals surface area (Å²) in [6.45, 7) is 9.34. The van der Waals surface area contributed by atoms with Crippen LogP contribution in [0, 0.1) is 5.92 Å². The Morgan fingerprint density at radius 1 is 1.41 bits per heavy atom. The molecule has 0 spiro atoms. The fourth-order valence-corrected chi connectivity index (χ4v) is 2.57. The first-order valence-corrected chi connectivity index (χ1v) is 7.36. The second kappa shape index (κ2) is 8.47. The molecule has 1 aromatic heterocycles. The highest BCUT2D eigenvalue weighted by Gasteiger charge is 2.08. The second-order valence-corrected chi connectivity index (χ2v) is 5.23. The number of thioether (sulfide) groups is 1. The number of rotatable bonds is 9. The SMILES string of the molecule is CCCC(C)CSc1nnnn1CCNCC. The van der Waals surface area contributed by atoms with Crippen LogP contribution in [0.4, 0.5) is 0 Å². The van der Waals surface area contributed by atoms with Crippen LogP contribution in [0.2, 0.25) is 0 Å². The third-order valence-electron chi connectivity index (χ3n) is 2.53. The van der Waals surface area contributed by atoms with Crippen LogP contribution in [0.1, 0.15) is 33.6 Å². The Hall–Kier alpha value is -0.620. The average molecular weight is 257 g/mol. The minimum atomic E-state index is 0.726. The quantitative estimate of drug-likeness (QED) is 0.540. The smallest absolute Gasteiger partial charge is 0.209 e. The first-order valence-electron chi connectivity index (χ1n) is 6.37. The van der Waals surface area contributed by atoms with Crippen molar-refractivity contribution in [1.82, 2.24) is 25.5 Å². The summed E-state index contributed by atoms with van der Waals surface area (Å²) in [6, 6.07) is 0. The average Bonchev–Trinajstić information content (AvgIpc) is 2.75. The van der Waals surface area contributed by atoms with E-state index in [4.69, 9.17) is 0 Å². The van der Waals surface area contributed by atoms with Gasteiger partial charge in [0.25, 0.3) is 0 Å². The Labute approximate surface area is 108 Å². The summed E-state index contributed by atoms with van der Waals surface area (Å²) in [5, 5.41) is 16.0. The lowest BCUT2D eigenvalue weighted by Crippen LogP contribution is -2.20. The molecule has 0 aromatic carbocycles.